The van der Waals surface area contributed by atoms with Crippen molar-refractivity contribution in [3.05, 3.63) is 253 Å². The molecule has 14 aromatic rings. The van der Waals surface area contributed by atoms with Crippen LogP contribution in [0.3, 0.4) is 0 Å². The number of aliphatic hydroxyl groups excluding tert-OH is 1. The minimum atomic E-state index is -0.904. The third-order valence-electron chi connectivity index (χ3n) is 24.9. The number of nitrogens with zero attached hydrogens (tertiary/aromatic N) is 26. The summed E-state index contributed by atoms with van der Waals surface area (Å²) in [5.74, 6) is 3.14. The fourth-order valence-electron chi connectivity index (χ4n) is 16.9. The van der Waals surface area contributed by atoms with Gasteiger partial charge in [-0.15, -0.1) is 0 Å². The molecule has 770 valence electrons. The predicted molar refractivity (Wildman–Crippen MR) is 523 cm³/mol. The lowest BCUT2D eigenvalue weighted by Gasteiger charge is -2.19. The van der Waals surface area contributed by atoms with Crippen molar-refractivity contribution >= 4 is 94.1 Å². The number of aryl methyl sites for hydroxylation is 13. The maximum Gasteiger partial charge on any atom is 0.332 e. The van der Waals surface area contributed by atoms with E-state index in [1.807, 2.05) is 153 Å². The van der Waals surface area contributed by atoms with Crippen molar-refractivity contribution in [3.63, 3.8) is 0 Å². The van der Waals surface area contributed by atoms with Gasteiger partial charge < -0.3 is 72.0 Å². The number of phenolic OH excluding ortho intramolecular Hbond substituents is 1. The van der Waals surface area contributed by atoms with Gasteiger partial charge in [0.1, 0.15) is 72.4 Å². The molecule has 48 heteroatoms. The molecule has 5 aliphatic heterocycles. The van der Waals surface area contributed by atoms with Crippen molar-refractivity contribution in [2.45, 2.75) is 180 Å². The topological polar surface area (TPSA) is 534 Å². The largest absolute Gasteiger partial charge is 0.508 e. The van der Waals surface area contributed by atoms with Gasteiger partial charge in [-0.1, -0.05) is 68.2 Å². The Hall–Kier alpha value is -17.5. The molecule has 1 atom stereocenters. The zero-order valence-corrected chi connectivity index (χ0v) is 84.3. The van der Waals surface area contributed by atoms with E-state index in [0.717, 1.165) is 110 Å². The average molecular weight is 2020 g/mol. The molecule has 1 unspecified atom stereocenters. The van der Waals surface area contributed by atoms with Crippen LogP contribution in [0.15, 0.2) is 158 Å². The number of ether oxygens (including phenoxy) is 3. The van der Waals surface area contributed by atoms with Gasteiger partial charge in [0.2, 0.25) is 0 Å². The Morgan fingerprint density at radius 2 is 0.755 bits per heavy atom. The number of imide groups is 5. The number of benzene rings is 3. The number of carbonyl (C=O) groups is 11. The lowest BCUT2D eigenvalue weighted by Crippen LogP contribution is -2.33. The number of phenols is 1. The van der Waals surface area contributed by atoms with Crippen LogP contribution >= 0.6 is 0 Å². The lowest BCUT2D eigenvalue weighted by atomic mass is 10.1. The van der Waals surface area contributed by atoms with Crippen LogP contribution in [0.4, 0.5) is 52.4 Å². The summed E-state index contributed by atoms with van der Waals surface area (Å²) in [7, 11) is 4.98. The molecular formula is C99H113N27O21. The Kier molecular flexibility index (Phi) is 31.5. The van der Waals surface area contributed by atoms with E-state index in [1.54, 1.807) is 97.6 Å². The number of nitrogens with one attached hydrogen (secondary N) is 1. The van der Waals surface area contributed by atoms with Crippen LogP contribution in [0.2, 0.25) is 0 Å². The number of aromatic nitrogens is 17. The van der Waals surface area contributed by atoms with E-state index in [0.29, 0.717) is 135 Å². The Labute approximate surface area is 841 Å². The summed E-state index contributed by atoms with van der Waals surface area (Å²) < 4.78 is 51.7. The fraction of sp³-hybridized carbons (Fsp3) is 0.374. The zero-order valence-electron chi connectivity index (χ0n) is 84.3. The second kappa shape index (κ2) is 44.6. The molecule has 0 bridgehead atoms. The van der Waals surface area contributed by atoms with Gasteiger partial charge in [0.15, 0.2) is 11.5 Å². The summed E-state index contributed by atoms with van der Waals surface area (Å²) >= 11 is 0. The Balaban J connectivity index is 0.000000139. The van der Waals surface area contributed by atoms with Crippen LogP contribution in [0, 0.1) is 76.2 Å². The average Bonchev–Trinajstić information content (AvgIpc) is 1.65. The number of anilines is 5. The Morgan fingerprint density at radius 1 is 0.408 bits per heavy atom. The summed E-state index contributed by atoms with van der Waals surface area (Å²) in [6.07, 6.45) is 19.6. The highest BCUT2D eigenvalue weighted by molar-refractivity contribution is 6.23. The minimum absolute atomic E-state index is 0.0178. The van der Waals surface area contributed by atoms with Crippen LogP contribution in [-0.4, -0.2) is 252 Å². The summed E-state index contributed by atoms with van der Waals surface area (Å²) in [6, 6.07) is 17.2. The van der Waals surface area contributed by atoms with Crippen LogP contribution in [0.25, 0.3) is 0 Å². The number of methoxy groups -OCH3 is 2. The monoisotopic (exact) mass is 2020 g/mol. The molecule has 3 aromatic carbocycles. The van der Waals surface area contributed by atoms with Gasteiger partial charge in [-0.25, -0.2) is 48.5 Å². The molecule has 15 amide bonds. The molecule has 147 heavy (non-hydrogen) atoms. The van der Waals surface area contributed by atoms with Crippen LogP contribution < -0.4 is 39.3 Å². The summed E-state index contributed by atoms with van der Waals surface area (Å²) in [5.41, 5.74) is 15.7. The number of amides is 15. The van der Waals surface area contributed by atoms with Crippen molar-refractivity contribution in [2.75, 3.05) is 84.6 Å². The third-order valence-corrected chi connectivity index (χ3v) is 24.9. The van der Waals surface area contributed by atoms with Gasteiger partial charge in [-0.2, -0.15) is 30.6 Å². The summed E-state index contributed by atoms with van der Waals surface area (Å²) in [6.45, 7) is 29.1. The quantitative estimate of drug-likeness (QED) is 0.0268. The number of urea groups is 5. The van der Waals surface area contributed by atoms with Crippen LogP contribution in [0.1, 0.15) is 146 Å². The van der Waals surface area contributed by atoms with Crippen molar-refractivity contribution in [2.24, 2.45) is 7.05 Å². The standard InChI is InChI=1S/C26H31N5O5.C22H25N5O5.C20H21N5O4.C18H21N7O3.C13H15N5O4/c1-17-22(18(2)36-28-17)15-30-14-21(12-27-30)31-23(32)16-29(25(31)34)13-20-8-6-7-19(11-20)9-10-24(33)35-26(3,4)5;1-14-18(15(2)32-24-14)12-26-11-17(10-23-26)27-21(28)13-25(22(27)29)8-7-16-5-6-19(30-3)20(9-16)31-4;1-13-18(14(2)29-22-13)11-24-10-16(9-21-24)25-19(27)12-23(20(25)28)8-7-15-3-5-17(26)6-4-15;1-11-14(6-22(4)20-11)7-23-10-17(26)25(18(23)27)15-5-19-24(8-15)9-16-12(2)21-28-13(16)3;1-7-10(8(2)22-16-7)5-17-4-9(3-14-17)18-12(20)11(6-19)15-13(18)21/h6-8,11-12,14H,9-10,13,15-16H2,1-5H3;5-6,9-11H,7-8,12-13H2,1-4H3;3-6,9-10,26H,7-8,11-12H2,1-2H3;5-6,8H,7,9-10H2,1-4H3;3-4,11,19H,5-6H2,1-2H3,(H,15,21). The molecule has 5 saturated heterocycles. The molecule has 16 heterocycles. The van der Waals surface area contributed by atoms with Gasteiger partial charge in [0.25, 0.3) is 29.5 Å². The van der Waals surface area contributed by atoms with E-state index >= 15 is 0 Å². The van der Waals surface area contributed by atoms with Gasteiger partial charge in [-0.05, 0) is 163 Å². The molecule has 5 fully saturated rings. The zero-order chi connectivity index (χ0) is 105. The Morgan fingerprint density at radius 3 is 1.10 bits per heavy atom. The van der Waals surface area contributed by atoms with E-state index in [2.05, 4.69) is 61.7 Å². The number of aromatic hydroxyl groups is 1. The number of hydrogen-bond donors (Lipinski definition) is 3. The minimum Gasteiger partial charge on any atom is -0.508 e. The molecule has 48 nitrogen and oxygen atoms in total. The Bertz CT molecular complexity index is 7130. The lowest BCUT2D eigenvalue weighted by molar-refractivity contribution is -0.154. The van der Waals surface area contributed by atoms with E-state index < -0.39 is 36.2 Å². The molecule has 0 saturated carbocycles. The number of carbonyl (C=O) groups excluding carboxylic acids is 11. The molecule has 0 aliphatic carbocycles. The molecule has 0 radical (unpaired) electrons. The maximum absolute atomic E-state index is 13.1. The molecule has 5 aliphatic rings. The first kappa shape index (κ1) is 104. The number of hydrogen-bond acceptors (Lipinski definition) is 32. The van der Waals surface area contributed by atoms with E-state index in [-0.39, 0.29) is 92.6 Å². The van der Waals surface area contributed by atoms with Gasteiger partial charge in [0.05, 0.1) is 154 Å². The molecular weight excluding hydrogens is 1900 g/mol. The van der Waals surface area contributed by atoms with Gasteiger partial charge in [-0.3, -0.25) is 56.9 Å². The summed E-state index contributed by atoms with van der Waals surface area (Å²) in [5, 5.41) is 66.0. The molecule has 19 rings (SSSR count). The number of rotatable bonds is 31. The molecule has 0 spiro atoms. The van der Waals surface area contributed by atoms with Gasteiger partial charge >= 0.3 is 36.1 Å². The smallest absolute Gasteiger partial charge is 0.332 e. The van der Waals surface area contributed by atoms with Gasteiger partial charge in [0, 0.05) is 104 Å². The summed E-state index contributed by atoms with van der Waals surface area (Å²) in [4.78, 5) is 149. The molecule has 3 N–H and O–H groups in total. The first-order valence-corrected chi connectivity index (χ1v) is 46.9. The number of aliphatic hydroxyl groups is 1. The highest BCUT2D eigenvalue weighted by Gasteiger charge is 2.44. The van der Waals surface area contributed by atoms with Crippen LogP contribution in [0.5, 0.6) is 17.2 Å². The highest BCUT2D eigenvalue weighted by atomic mass is 16.6. The first-order chi connectivity index (χ1) is 70.2. The van der Waals surface area contributed by atoms with E-state index in [1.165, 1.54) is 60.4 Å². The van der Waals surface area contributed by atoms with Crippen molar-refractivity contribution < 1.29 is 99.8 Å². The second-order valence-corrected chi connectivity index (χ2v) is 36.6. The van der Waals surface area contributed by atoms with Crippen molar-refractivity contribution in [1.29, 1.82) is 0 Å². The third kappa shape index (κ3) is 24.2. The second-order valence-electron chi connectivity index (χ2n) is 36.6. The maximum atomic E-state index is 13.1. The first-order valence-electron chi connectivity index (χ1n) is 46.9. The van der Waals surface area contributed by atoms with Crippen LogP contribution in [-0.2, 0) is 106 Å². The number of esters is 1. The highest BCUT2D eigenvalue weighted by Crippen LogP contribution is 2.33. The molecule has 11 aromatic heterocycles. The van der Waals surface area contributed by atoms with Crippen molar-refractivity contribution in [1.82, 2.24) is 109 Å². The van der Waals surface area contributed by atoms with E-state index in [9.17, 15) is 57.8 Å². The normalized spacial score (nSPS) is 14.8. The fourth-order valence-corrected chi connectivity index (χ4v) is 16.9. The van der Waals surface area contributed by atoms with Crippen molar-refractivity contribution in [3.8, 4) is 17.2 Å². The predicted octanol–water partition coefficient (Wildman–Crippen LogP) is 10.1. The van der Waals surface area contributed by atoms with E-state index in [4.69, 9.17) is 41.9 Å². The SMILES string of the molecule is COc1ccc(CCN2CC(=O)N(c3cnn(Cc4c(C)noc4C)c3)C2=O)cc1OC.Cc1nn(C)cc1CN1CC(=O)N(c2cnn(Cc3c(C)noc3C)c2)C1=O.Cc1noc(C)c1Cn1cc(N2C(=O)CN(CCc3ccc(O)cc3)C2=O)cn1.Cc1noc(C)c1Cn1cc(N2C(=O)CN(Cc3cccc(CCC(=O)OC(C)(C)C)c3)C2=O)cn1.Cc1noc(C)c1Cn1cc(N2C(=O)NC(CO)C2=O)cn1.